The van der Waals surface area contributed by atoms with E-state index >= 15 is 0 Å². The molecular formula is C17H25F3N2O. The summed E-state index contributed by atoms with van der Waals surface area (Å²) in [6.45, 7) is 5.24. The molecule has 3 nitrogen and oxygen atoms in total. The standard InChI is InChI=1S/C17H25F3N2O/c1-13(22-11-8-14(9-12-22)7-10-21-2)15-3-5-16(6-4-15)23-17(18,19)20/h3-6,13-14,21H,7-12H2,1-2H3. The molecule has 1 N–H and O–H groups in total. The second-order valence-electron chi connectivity index (χ2n) is 6.16. The largest absolute Gasteiger partial charge is 0.573 e. The van der Waals surface area contributed by atoms with E-state index in [9.17, 15) is 13.2 Å². The lowest BCUT2D eigenvalue weighted by Crippen LogP contribution is -2.36. The second-order valence-corrected chi connectivity index (χ2v) is 6.16. The van der Waals surface area contributed by atoms with E-state index in [2.05, 4.69) is 21.9 Å². The normalized spacial score (nSPS) is 18.8. The van der Waals surface area contributed by atoms with Gasteiger partial charge in [0.2, 0.25) is 0 Å². The van der Waals surface area contributed by atoms with E-state index in [0.29, 0.717) is 0 Å². The molecule has 1 fully saturated rings. The van der Waals surface area contributed by atoms with Crippen LogP contribution in [0.25, 0.3) is 0 Å². The summed E-state index contributed by atoms with van der Waals surface area (Å²) in [6, 6.07) is 6.43. The maximum Gasteiger partial charge on any atom is 0.573 e. The van der Waals surface area contributed by atoms with Crippen LogP contribution in [0.5, 0.6) is 5.75 Å². The molecular weight excluding hydrogens is 305 g/mol. The summed E-state index contributed by atoms with van der Waals surface area (Å²) in [5, 5.41) is 3.19. The molecule has 0 aromatic heterocycles. The number of likely N-dealkylation sites (tertiary alicyclic amines) is 1. The minimum Gasteiger partial charge on any atom is -0.406 e. The molecule has 1 aliphatic rings. The molecule has 1 aromatic carbocycles. The minimum atomic E-state index is -4.64. The van der Waals surface area contributed by atoms with Gasteiger partial charge < -0.3 is 10.1 Å². The van der Waals surface area contributed by atoms with E-state index in [1.807, 2.05) is 7.05 Å². The van der Waals surface area contributed by atoms with Gasteiger partial charge in [-0.15, -0.1) is 13.2 Å². The van der Waals surface area contributed by atoms with Crippen molar-refractivity contribution in [3.8, 4) is 5.75 Å². The van der Waals surface area contributed by atoms with Crippen LogP contribution in [0.4, 0.5) is 13.2 Å². The Labute approximate surface area is 135 Å². The molecule has 0 saturated carbocycles. The zero-order chi connectivity index (χ0) is 16.9. The average molecular weight is 330 g/mol. The molecule has 0 bridgehead atoms. The van der Waals surface area contributed by atoms with Crippen LogP contribution in [0.1, 0.15) is 37.8 Å². The quantitative estimate of drug-likeness (QED) is 0.854. The number of piperidine rings is 1. The van der Waals surface area contributed by atoms with Crippen molar-refractivity contribution in [3.63, 3.8) is 0 Å². The number of hydrogen-bond donors (Lipinski definition) is 1. The number of nitrogens with zero attached hydrogens (tertiary/aromatic N) is 1. The van der Waals surface area contributed by atoms with Gasteiger partial charge in [-0.2, -0.15) is 0 Å². The van der Waals surface area contributed by atoms with Gasteiger partial charge in [-0.05, 0) is 76.5 Å². The summed E-state index contributed by atoms with van der Waals surface area (Å²) >= 11 is 0. The van der Waals surface area contributed by atoms with E-state index < -0.39 is 6.36 Å². The first-order chi connectivity index (χ1) is 10.9. The van der Waals surface area contributed by atoms with Crippen LogP contribution in [0.15, 0.2) is 24.3 Å². The van der Waals surface area contributed by atoms with Crippen molar-refractivity contribution in [2.75, 3.05) is 26.7 Å². The first kappa shape index (κ1) is 18.1. The Hall–Kier alpha value is -1.27. The zero-order valence-corrected chi connectivity index (χ0v) is 13.7. The molecule has 6 heteroatoms. The van der Waals surface area contributed by atoms with Crippen LogP contribution >= 0.6 is 0 Å². The number of rotatable bonds is 6. The van der Waals surface area contributed by atoms with Gasteiger partial charge in [0, 0.05) is 6.04 Å². The summed E-state index contributed by atoms with van der Waals surface area (Å²) in [5.74, 6) is 0.604. The lowest BCUT2D eigenvalue weighted by atomic mass is 9.92. The van der Waals surface area contributed by atoms with E-state index in [1.165, 1.54) is 31.4 Å². The van der Waals surface area contributed by atoms with Crippen LogP contribution in [-0.2, 0) is 0 Å². The SMILES string of the molecule is CNCCC1CCN(C(C)c2ccc(OC(F)(F)F)cc2)CC1. The molecule has 1 heterocycles. The maximum atomic E-state index is 12.2. The fraction of sp³-hybridized carbons (Fsp3) is 0.647. The van der Waals surface area contributed by atoms with Gasteiger partial charge in [0.25, 0.3) is 0 Å². The molecule has 1 aliphatic heterocycles. The van der Waals surface area contributed by atoms with Crippen molar-refractivity contribution < 1.29 is 17.9 Å². The van der Waals surface area contributed by atoms with Crippen LogP contribution < -0.4 is 10.1 Å². The van der Waals surface area contributed by atoms with E-state index in [-0.39, 0.29) is 11.8 Å². The van der Waals surface area contributed by atoms with Gasteiger partial charge in [0.05, 0.1) is 0 Å². The van der Waals surface area contributed by atoms with Crippen molar-refractivity contribution >= 4 is 0 Å². The fourth-order valence-corrected chi connectivity index (χ4v) is 3.14. The highest BCUT2D eigenvalue weighted by Crippen LogP contribution is 2.29. The summed E-state index contributed by atoms with van der Waals surface area (Å²) in [5.41, 5.74) is 1.02. The van der Waals surface area contributed by atoms with Gasteiger partial charge in [-0.1, -0.05) is 12.1 Å². The van der Waals surface area contributed by atoms with Crippen molar-refractivity contribution in [1.82, 2.24) is 10.2 Å². The predicted molar refractivity (Wildman–Crippen MR) is 84.4 cm³/mol. The van der Waals surface area contributed by atoms with Gasteiger partial charge in [0.1, 0.15) is 5.75 Å². The first-order valence-electron chi connectivity index (χ1n) is 8.13. The molecule has 1 unspecified atom stereocenters. The number of hydrogen-bond acceptors (Lipinski definition) is 3. The number of ether oxygens (including phenoxy) is 1. The molecule has 0 radical (unpaired) electrons. The lowest BCUT2D eigenvalue weighted by Gasteiger charge is -2.36. The summed E-state index contributed by atoms with van der Waals surface area (Å²) < 4.78 is 40.5. The third kappa shape index (κ3) is 5.70. The summed E-state index contributed by atoms with van der Waals surface area (Å²) in [7, 11) is 1.98. The Morgan fingerprint density at radius 1 is 1.22 bits per heavy atom. The molecule has 130 valence electrons. The molecule has 2 rings (SSSR count). The highest BCUT2D eigenvalue weighted by Gasteiger charge is 2.31. The molecule has 0 spiro atoms. The maximum absolute atomic E-state index is 12.2. The average Bonchev–Trinajstić information content (AvgIpc) is 2.52. The zero-order valence-electron chi connectivity index (χ0n) is 13.7. The van der Waals surface area contributed by atoms with Gasteiger partial charge in [0.15, 0.2) is 0 Å². The smallest absolute Gasteiger partial charge is 0.406 e. The van der Waals surface area contributed by atoms with E-state index in [1.54, 1.807) is 12.1 Å². The Morgan fingerprint density at radius 3 is 2.35 bits per heavy atom. The van der Waals surface area contributed by atoms with Crippen molar-refractivity contribution in [3.05, 3.63) is 29.8 Å². The number of halogens is 3. The highest BCUT2D eigenvalue weighted by atomic mass is 19.4. The van der Waals surface area contributed by atoms with Gasteiger partial charge in [-0.3, -0.25) is 4.90 Å². The van der Waals surface area contributed by atoms with Crippen LogP contribution in [0, 0.1) is 5.92 Å². The molecule has 23 heavy (non-hydrogen) atoms. The van der Waals surface area contributed by atoms with Crippen molar-refractivity contribution in [1.29, 1.82) is 0 Å². The van der Waals surface area contributed by atoms with Crippen LogP contribution in [-0.4, -0.2) is 37.9 Å². The van der Waals surface area contributed by atoms with Crippen molar-refractivity contribution in [2.24, 2.45) is 5.92 Å². The first-order valence-corrected chi connectivity index (χ1v) is 8.13. The molecule has 0 amide bonds. The fourth-order valence-electron chi connectivity index (χ4n) is 3.14. The second kappa shape index (κ2) is 8.02. The van der Waals surface area contributed by atoms with E-state index in [4.69, 9.17) is 0 Å². The van der Waals surface area contributed by atoms with Crippen LogP contribution in [0.3, 0.4) is 0 Å². The molecule has 1 atom stereocenters. The van der Waals surface area contributed by atoms with Gasteiger partial charge in [-0.25, -0.2) is 0 Å². The Kier molecular flexibility index (Phi) is 6.30. The van der Waals surface area contributed by atoms with Crippen LogP contribution in [0.2, 0.25) is 0 Å². The number of alkyl halides is 3. The minimum absolute atomic E-state index is 0.167. The topological polar surface area (TPSA) is 24.5 Å². The van der Waals surface area contributed by atoms with E-state index in [0.717, 1.165) is 31.1 Å². The van der Waals surface area contributed by atoms with Gasteiger partial charge >= 0.3 is 6.36 Å². The molecule has 1 saturated heterocycles. The monoisotopic (exact) mass is 330 g/mol. The lowest BCUT2D eigenvalue weighted by molar-refractivity contribution is -0.274. The highest BCUT2D eigenvalue weighted by molar-refractivity contribution is 5.29. The predicted octanol–water partition coefficient (Wildman–Crippen LogP) is 3.97. The third-order valence-corrected chi connectivity index (χ3v) is 4.60. The third-order valence-electron chi connectivity index (χ3n) is 4.60. The number of benzene rings is 1. The Bertz CT molecular complexity index is 468. The Balaban J connectivity index is 1.87. The number of nitrogens with one attached hydrogen (secondary N) is 1. The summed E-state index contributed by atoms with van der Waals surface area (Å²) in [6.07, 6.45) is -1.06. The Morgan fingerprint density at radius 2 is 1.83 bits per heavy atom. The summed E-state index contributed by atoms with van der Waals surface area (Å²) in [4.78, 5) is 2.40. The molecule has 1 aromatic rings. The van der Waals surface area contributed by atoms with Crippen molar-refractivity contribution in [2.45, 2.75) is 38.6 Å². The molecule has 0 aliphatic carbocycles.